The molecule has 1 aliphatic heterocycles. The van der Waals surface area contributed by atoms with Crippen molar-refractivity contribution >= 4 is 76.4 Å². The summed E-state index contributed by atoms with van der Waals surface area (Å²) in [4.78, 5) is 170. The molecule has 0 saturated carbocycles. The number of benzene rings is 1. The van der Waals surface area contributed by atoms with Gasteiger partial charge in [-0.2, -0.15) is 0 Å². The number of primary amides is 3. The van der Waals surface area contributed by atoms with Crippen LogP contribution in [0.25, 0.3) is 0 Å². The van der Waals surface area contributed by atoms with Crippen molar-refractivity contribution in [2.75, 3.05) is 26.7 Å². The zero-order valence-electron chi connectivity index (χ0n) is 38.5. The SMILES string of the molecule is CC[C@H](C)[C@@H]1NC(=O)[C@H](Cc2ccc(O)cc2)CC(=O)CNC(=O)CC[C@@H](C(=O)N(C)CC(=O)C[C@@H](CCC(=O)O)C(=O)NCC(N)=O)CC(=O)[C@H](CC(N)=O)NC(=O)[C@H](CCC(N)=O)CC1=O. The molecule has 0 aliphatic carbocycles. The number of aliphatic carboxylic acids is 1. The fourth-order valence-corrected chi connectivity index (χ4v) is 7.54. The molecule has 0 radical (unpaired) electrons. The average Bonchev–Trinajstić information content (AvgIpc) is 3.26. The zero-order chi connectivity index (χ0) is 51.2. The summed E-state index contributed by atoms with van der Waals surface area (Å²) in [6.07, 6.45) is -5.17. The number of likely N-dealkylation sites (N-methyl/N-ethyl adjacent to an activating group) is 1. The molecule has 0 unspecified atom stereocenters. The van der Waals surface area contributed by atoms with E-state index in [4.69, 9.17) is 17.2 Å². The molecular formula is C45H64N8O15. The van der Waals surface area contributed by atoms with Crippen LogP contribution in [0.2, 0.25) is 0 Å². The molecule has 0 aromatic heterocycles. The largest absolute Gasteiger partial charge is 0.508 e. The third-order valence-electron chi connectivity index (χ3n) is 11.6. The number of nitrogens with one attached hydrogen (secondary N) is 4. The summed E-state index contributed by atoms with van der Waals surface area (Å²) in [6.45, 7) is 1.60. The topological polar surface area (TPSA) is 392 Å². The number of carbonyl (C=O) groups is 13. The van der Waals surface area contributed by atoms with E-state index in [-0.39, 0.29) is 31.4 Å². The fourth-order valence-electron chi connectivity index (χ4n) is 7.54. The molecule has 7 atom stereocenters. The van der Waals surface area contributed by atoms with Gasteiger partial charge in [0.25, 0.3) is 0 Å². The fraction of sp³-hybridized carbons (Fsp3) is 0.578. The number of ketones is 4. The highest BCUT2D eigenvalue weighted by Crippen LogP contribution is 2.23. The minimum atomic E-state index is -1.70. The van der Waals surface area contributed by atoms with Gasteiger partial charge < -0.3 is 53.6 Å². The molecule has 374 valence electrons. The molecule has 23 nitrogen and oxygen atoms in total. The molecule has 1 aliphatic rings. The molecular weight excluding hydrogens is 893 g/mol. The summed E-state index contributed by atoms with van der Waals surface area (Å²) >= 11 is 0. The second-order valence-electron chi connectivity index (χ2n) is 17.2. The van der Waals surface area contributed by atoms with E-state index in [1.807, 2.05) is 0 Å². The predicted octanol–water partition coefficient (Wildman–Crippen LogP) is -1.77. The highest BCUT2D eigenvalue weighted by atomic mass is 16.4. The van der Waals surface area contributed by atoms with Crippen LogP contribution in [0.3, 0.4) is 0 Å². The number of hydrogen-bond donors (Lipinski definition) is 9. The number of phenols is 1. The minimum Gasteiger partial charge on any atom is -0.508 e. The average molecular weight is 957 g/mol. The second kappa shape index (κ2) is 28.2. The Bertz CT molecular complexity index is 2060. The molecule has 1 fully saturated rings. The minimum absolute atomic E-state index is 0.0303. The maximum Gasteiger partial charge on any atom is 0.303 e. The second-order valence-corrected chi connectivity index (χ2v) is 17.2. The van der Waals surface area contributed by atoms with Crippen LogP contribution in [-0.2, 0) is 68.7 Å². The summed E-state index contributed by atoms with van der Waals surface area (Å²) in [7, 11) is 1.18. The summed E-state index contributed by atoms with van der Waals surface area (Å²) in [5.41, 5.74) is 16.5. The van der Waals surface area contributed by atoms with Crippen molar-refractivity contribution in [2.24, 2.45) is 46.8 Å². The lowest BCUT2D eigenvalue weighted by Crippen LogP contribution is -2.50. The first-order valence-electron chi connectivity index (χ1n) is 22.2. The molecule has 1 aromatic rings. The summed E-state index contributed by atoms with van der Waals surface area (Å²) in [5.74, 6) is -16.8. The Hall–Kier alpha value is -7.07. The lowest BCUT2D eigenvalue weighted by molar-refractivity contribution is -0.141. The maximum absolute atomic E-state index is 14.1. The van der Waals surface area contributed by atoms with Crippen molar-refractivity contribution in [3.63, 3.8) is 0 Å². The molecule has 1 aromatic carbocycles. The van der Waals surface area contributed by atoms with Crippen molar-refractivity contribution in [1.29, 1.82) is 0 Å². The Morgan fingerprint density at radius 3 is 2.07 bits per heavy atom. The van der Waals surface area contributed by atoms with Gasteiger partial charge in [0, 0.05) is 75.7 Å². The molecule has 12 N–H and O–H groups in total. The van der Waals surface area contributed by atoms with Gasteiger partial charge in [0.1, 0.15) is 5.75 Å². The van der Waals surface area contributed by atoms with E-state index < -0.39 is 189 Å². The lowest BCUT2D eigenvalue weighted by atomic mass is 9.86. The van der Waals surface area contributed by atoms with E-state index in [0.29, 0.717) is 12.0 Å². The molecule has 1 heterocycles. The summed E-state index contributed by atoms with van der Waals surface area (Å²) in [5, 5.41) is 28.8. The van der Waals surface area contributed by atoms with Gasteiger partial charge in [-0.25, -0.2) is 0 Å². The van der Waals surface area contributed by atoms with Gasteiger partial charge >= 0.3 is 5.97 Å². The van der Waals surface area contributed by atoms with E-state index in [1.54, 1.807) is 26.0 Å². The first-order valence-corrected chi connectivity index (χ1v) is 22.2. The van der Waals surface area contributed by atoms with Gasteiger partial charge in [0.15, 0.2) is 23.1 Å². The quantitative estimate of drug-likeness (QED) is 0.0698. The van der Waals surface area contributed by atoms with Crippen molar-refractivity contribution in [1.82, 2.24) is 26.2 Å². The number of hydrogen-bond acceptors (Lipinski definition) is 14. The highest BCUT2D eigenvalue weighted by molar-refractivity contribution is 5.99. The number of nitrogens with zero attached hydrogens (tertiary/aromatic N) is 1. The first kappa shape index (κ1) is 57.1. The van der Waals surface area contributed by atoms with Crippen LogP contribution in [0.4, 0.5) is 0 Å². The number of nitrogens with two attached hydrogens (primary N) is 3. The van der Waals surface area contributed by atoms with Gasteiger partial charge in [0.2, 0.25) is 47.3 Å². The van der Waals surface area contributed by atoms with Crippen molar-refractivity contribution in [3.8, 4) is 5.75 Å². The van der Waals surface area contributed by atoms with Crippen LogP contribution >= 0.6 is 0 Å². The number of aromatic hydroxyl groups is 1. The molecule has 0 spiro atoms. The number of phenolic OH excluding ortho intramolecular Hbond substituents is 1. The smallest absolute Gasteiger partial charge is 0.303 e. The highest BCUT2D eigenvalue weighted by Gasteiger charge is 2.36. The van der Waals surface area contributed by atoms with Crippen LogP contribution in [0.15, 0.2) is 24.3 Å². The Morgan fingerprint density at radius 2 is 1.49 bits per heavy atom. The summed E-state index contributed by atoms with van der Waals surface area (Å²) < 4.78 is 0. The van der Waals surface area contributed by atoms with Gasteiger partial charge in [0.05, 0.1) is 38.1 Å². The Balaban J connectivity index is 2.59. The van der Waals surface area contributed by atoms with Crippen LogP contribution in [0, 0.1) is 29.6 Å². The van der Waals surface area contributed by atoms with Crippen molar-refractivity contribution in [2.45, 2.75) is 109 Å². The van der Waals surface area contributed by atoms with Crippen LogP contribution < -0.4 is 38.5 Å². The van der Waals surface area contributed by atoms with E-state index in [9.17, 15) is 72.5 Å². The molecule has 2 rings (SSSR count). The van der Waals surface area contributed by atoms with Crippen molar-refractivity contribution in [3.05, 3.63) is 29.8 Å². The molecule has 1 saturated heterocycles. The van der Waals surface area contributed by atoms with Gasteiger partial charge in [-0.05, 0) is 49.3 Å². The van der Waals surface area contributed by atoms with Gasteiger partial charge in [-0.3, -0.25) is 62.3 Å². The third kappa shape index (κ3) is 20.6. The van der Waals surface area contributed by atoms with E-state index >= 15 is 0 Å². The number of amides is 8. The summed E-state index contributed by atoms with van der Waals surface area (Å²) in [6, 6.07) is 2.93. The van der Waals surface area contributed by atoms with Gasteiger partial charge in [-0.15, -0.1) is 0 Å². The first-order chi connectivity index (χ1) is 31.9. The monoisotopic (exact) mass is 956 g/mol. The number of carbonyl (C=O) groups excluding carboxylic acids is 12. The Labute approximate surface area is 392 Å². The molecule has 0 bridgehead atoms. The van der Waals surface area contributed by atoms with Crippen molar-refractivity contribution < 1.29 is 72.5 Å². The van der Waals surface area contributed by atoms with E-state index in [1.165, 1.54) is 19.2 Å². The van der Waals surface area contributed by atoms with E-state index in [2.05, 4.69) is 21.3 Å². The van der Waals surface area contributed by atoms with Gasteiger partial charge in [-0.1, -0.05) is 32.4 Å². The van der Waals surface area contributed by atoms with Crippen LogP contribution in [0.5, 0.6) is 5.75 Å². The third-order valence-corrected chi connectivity index (χ3v) is 11.6. The van der Waals surface area contributed by atoms with E-state index in [0.717, 1.165) is 4.90 Å². The Kier molecular flexibility index (Phi) is 23.7. The Morgan fingerprint density at radius 1 is 0.838 bits per heavy atom. The normalized spacial score (nSPS) is 21.2. The number of carboxylic acids is 1. The molecule has 23 heteroatoms. The van der Waals surface area contributed by atoms with Crippen LogP contribution in [-0.4, -0.2) is 130 Å². The molecule has 68 heavy (non-hydrogen) atoms. The number of Topliss-reactive ketones (excluding diaryl/α,β-unsaturated/α-hetero) is 4. The van der Waals surface area contributed by atoms with Crippen LogP contribution in [0.1, 0.15) is 96.5 Å². The zero-order valence-corrected chi connectivity index (χ0v) is 38.5. The molecule has 8 amide bonds. The predicted molar refractivity (Wildman–Crippen MR) is 239 cm³/mol. The number of carboxylic acid groups (broad SMARTS) is 1. The lowest BCUT2D eigenvalue weighted by Gasteiger charge is -2.28. The number of rotatable bonds is 20. The maximum atomic E-state index is 14.1. The standard InChI is InChI=1S/C45H64N8O15/c1-4-24(2)41-35(58)18-27(7-12-36(46)59)43(66)51-33(20-37(47)60)34(57)19-28(45(68)53(3)23-32(56)16-26(9-14-40(63)64)42(65)50-22-38(48)61)8-13-39(62)49-21-31(55)17-29(44(67)52-41)15-25-5-10-30(54)11-6-25/h5-6,10-11,24,26-29,33,41,54H,4,7-9,12-23H2,1-3H3,(H2,46,59)(H2,47,60)(H2,48,61)(H,49,62)(H,50,65)(H,51,66)(H,52,67)(H,63,64)/t24-,26+,27+,28+,29+,33-,41-/m0/s1.